The molecule has 6 nitrogen and oxygen atoms in total. The molecule has 8 atom stereocenters. The van der Waals surface area contributed by atoms with E-state index in [4.69, 9.17) is 0 Å². The molecule has 0 aromatic rings. The largest absolute Gasteiger partial charge is 0.481 e. The molecule has 0 unspecified atom stereocenters. The van der Waals surface area contributed by atoms with Crippen LogP contribution in [0.15, 0.2) is 12.2 Å². The molecule has 0 saturated heterocycles. The summed E-state index contributed by atoms with van der Waals surface area (Å²) in [7, 11) is 0. The maximum Gasteiger partial charge on any atom is 0.309 e. The topological polar surface area (TPSA) is 112 Å². The van der Waals surface area contributed by atoms with E-state index in [1.807, 2.05) is 0 Å². The Kier molecular flexibility index (Phi) is 3.53. The first-order valence-electron chi connectivity index (χ1n) is 9.43. The summed E-state index contributed by atoms with van der Waals surface area (Å²) in [4.78, 5) is 36.4. The minimum atomic E-state index is -1.17. The standard InChI is InChI=1S/C20H26O6/c1-10-7-19-9-20(10,26)6-4-12(19)13-11(8-21)3-5-18(2,17(24)25)14(13)15(19)16(22)23/h8,11-15,26H,1,3-7,9H2,2H3,(H,22,23)(H,24,25)/t11-,12+,13+,14-,15-,18-,19+,20+/m1/s1. The van der Waals surface area contributed by atoms with Gasteiger partial charge in [0.05, 0.1) is 16.9 Å². The van der Waals surface area contributed by atoms with Gasteiger partial charge in [0.1, 0.15) is 6.29 Å². The number of carbonyl (C=O) groups excluding carboxylic acids is 1. The van der Waals surface area contributed by atoms with Gasteiger partial charge in [-0.15, -0.1) is 0 Å². The maximum atomic E-state index is 12.4. The van der Waals surface area contributed by atoms with Crippen LogP contribution < -0.4 is 0 Å². The summed E-state index contributed by atoms with van der Waals surface area (Å²) in [6.07, 6.45) is 3.59. The Morgan fingerprint density at radius 3 is 2.50 bits per heavy atom. The lowest BCUT2D eigenvalue weighted by Crippen LogP contribution is -2.49. The summed E-state index contributed by atoms with van der Waals surface area (Å²) < 4.78 is 0. The first-order valence-corrected chi connectivity index (χ1v) is 9.43. The van der Waals surface area contributed by atoms with Crippen LogP contribution in [-0.2, 0) is 14.4 Å². The number of carboxylic acids is 2. The Morgan fingerprint density at radius 2 is 1.92 bits per heavy atom. The number of aldehydes is 1. The molecule has 3 N–H and O–H groups in total. The van der Waals surface area contributed by atoms with E-state index in [2.05, 4.69) is 6.58 Å². The highest BCUT2D eigenvalue weighted by Crippen LogP contribution is 2.74. The molecule has 4 aliphatic carbocycles. The number of aliphatic hydroxyl groups is 1. The van der Waals surface area contributed by atoms with Crippen molar-refractivity contribution in [3.63, 3.8) is 0 Å². The molecule has 6 heteroatoms. The van der Waals surface area contributed by atoms with Gasteiger partial charge in [-0.25, -0.2) is 0 Å². The van der Waals surface area contributed by atoms with Crippen LogP contribution in [-0.4, -0.2) is 39.1 Å². The highest BCUT2D eigenvalue weighted by molar-refractivity contribution is 5.80. The molecule has 142 valence electrons. The molecule has 1 spiro atoms. The van der Waals surface area contributed by atoms with Gasteiger partial charge in [0.15, 0.2) is 0 Å². The molecule has 0 amide bonds. The summed E-state index contributed by atoms with van der Waals surface area (Å²) >= 11 is 0. The van der Waals surface area contributed by atoms with Crippen molar-refractivity contribution in [1.82, 2.24) is 0 Å². The van der Waals surface area contributed by atoms with E-state index in [-0.39, 0.29) is 17.8 Å². The fourth-order valence-electron chi connectivity index (χ4n) is 7.35. The molecule has 0 aromatic carbocycles. The average molecular weight is 362 g/mol. The first-order chi connectivity index (χ1) is 12.1. The molecule has 4 fully saturated rings. The molecule has 4 aliphatic rings. The van der Waals surface area contributed by atoms with E-state index in [0.29, 0.717) is 44.1 Å². The molecule has 0 aliphatic heterocycles. The zero-order valence-corrected chi connectivity index (χ0v) is 15.0. The van der Waals surface area contributed by atoms with E-state index < -0.39 is 40.2 Å². The van der Waals surface area contributed by atoms with Crippen LogP contribution in [0.1, 0.15) is 45.4 Å². The van der Waals surface area contributed by atoms with E-state index in [9.17, 15) is 29.7 Å². The van der Waals surface area contributed by atoms with Gasteiger partial charge in [-0.1, -0.05) is 6.58 Å². The number of hydrogen-bond donors (Lipinski definition) is 3. The Morgan fingerprint density at radius 1 is 1.23 bits per heavy atom. The summed E-state index contributed by atoms with van der Waals surface area (Å²) in [5, 5.41) is 31.1. The van der Waals surface area contributed by atoms with Gasteiger partial charge in [0.2, 0.25) is 0 Å². The zero-order valence-electron chi connectivity index (χ0n) is 15.0. The third kappa shape index (κ3) is 1.89. The smallest absolute Gasteiger partial charge is 0.309 e. The van der Waals surface area contributed by atoms with Crippen molar-refractivity contribution < 1.29 is 29.7 Å². The van der Waals surface area contributed by atoms with Crippen molar-refractivity contribution in [3.05, 3.63) is 12.2 Å². The third-order valence-electron chi connectivity index (χ3n) is 8.44. The molecule has 0 heterocycles. The molecular formula is C20H26O6. The Balaban J connectivity index is 1.92. The van der Waals surface area contributed by atoms with Crippen molar-refractivity contribution in [3.8, 4) is 0 Å². The van der Waals surface area contributed by atoms with Gasteiger partial charge in [-0.2, -0.15) is 0 Å². The highest BCUT2D eigenvalue weighted by atomic mass is 16.4. The second kappa shape index (κ2) is 5.18. The van der Waals surface area contributed by atoms with Gasteiger partial charge in [0, 0.05) is 5.92 Å². The van der Waals surface area contributed by atoms with Crippen LogP contribution in [0.25, 0.3) is 0 Å². The quantitative estimate of drug-likeness (QED) is 0.524. The van der Waals surface area contributed by atoms with Gasteiger partial charge in [-0.3, -0.25) is 9.59 Å². The Labute approximate surface area is 152 Å². The van der Waals surface area contributed by atoms with Crippen LogP contribution in [0.4, 0.5) is 0 Å². The molecule has 4 rings (SSSR count). The van der Waals surface area contributed by atoms with Crippen molar-refractivity contribution in [1.29, 1.82) is 0 Å². The van der Waals surface area contributed by atoms with Crippen LogP contribution in [0, 0.1) is 40.4 Å². The normalized spacial score (nSPS) is 52.2. The molecular weight excluding hydrogens is 336 g/mol. The summed E-state index contributed by atoms with van der Waals surface area (Å²) in [6.45, 7) is 5.66. The lowest BCUT2D eigenvalue weighted by molar-refractivity contribution is -0.165. The fraction of sp³-hybridized carbons (Fsp3) is 0.750. The number of carbonyl (C=O) groups is 3. The van der Waals surface area contributed by atoms with Gasteiger partial charge in [-0.05, 0) is 74.2 Å². The highest BCUT2D eigenvalue weighted by Gasteiger charge is 2.74. The van der Waals surface area contributed by atoms with Crippen LogP contribution in [0.2, 0.25) is 0 Å². The van der Waals surface area contributed by atoms with E-state index in [0.717, 1.165) is 6.29 Å². The van der Waals surface area contributed by atoms with Gasteiger partial charge >= 0.3 is 11.9 Å². The van der Waals surface area contributed by atoms with Crippen LogP contribution in [0.3, 0.4) is 0 Å². The lowest BCUT2D eigenvalue weighted by atomic mass is 9.57. The van der Waals surface area contributed by atoms with Gasteiger partial charge < -0.3 is 20.1 Å². The number of fused-ring (bicyclic) bond motifs is 3. The maximum absolute atomic E-state index is 12.4. The minimum absolute atomic E-state index is 0.0534. The van der Waals surface area contributed by atoms with E-state index in [1.165, 1.54) is 0 Å². The van der Waals surface area contributed by atoms with Crippen molar-refractivity contribution >= 4 is 18.2 Å². The third-order valence-corrected chi connectivity index (χ3v) is 8.44. The Hall–Kier alpha value is -1.69. The second-order valence-electron chi connectivity index (χ2n) is 9.35. The first kappa shape index (κ1) is 17.7. The van der Waals surface area contributed by atoms with Gasteiger partial charge in [0.25, 0.3) is 0 Å². The van der Waals surface area contributed by atoms with Crippen molar-refractivity contribution in [2.24, 2.45) is 40.4 Å². The molecule has 0 radical (unpaired) electrons. The SMILES string of the molecule is C=C1C[C@]23C[C@@]1(O)CC[C@H]2[C@H]1[C@H]([C@@H]3C(=O)O)[C@](C)(C(=O)O)CC[C@@H]1C=O. The number of hydrogen-bond acceptors (Lipinski definition) is 4. The predicted molar refractivity (Wildman–Crippen MR) is 91.1 cm³/mol. The molecule has 0 aromatic heterocycles. The number of rotatable bonds is 3. The predicted octanol–water partition coefficient (Wildman–Crippen LogP) is 2.11. The summed E-state index contributed by atoms with van der Waals surface area (Å²) in [5.74, 6) is -4.06. The second-order valence-corrected chi connectivity index (χ2v) is 9.35. The van der Waals surface area contributed by atoms with Crippen LogP contribution >= 0.6 is 0 Å². The van der Waals surface area contributed by atoms with E-state index >= 15 is 0 Å². The van der Waals surface area contributed by atoms with Crippen LogP contribution in [0.5, 0.6) is 0 Å². The van der Waals surface area contributed by atoms with Crippen molar-refractivity contribution in [2.75, 3.05) is 0 Å². The number of carboxylic acid groups (broad SMARTS) is 2. The molecule has 4 saturated carbocycles. The van der Waals surface area contributed by atoms with E-state index in [1.54, 1.807) is 6.92 Å². The summed E-state index contributed by atoms with van der Waals surface area (Å²) in [6, 6.07) is 0. The fourth-order valence-corrected chi connectivity index (χ4v) is 7.35. The summed E-state index contributed by atoms with van der Waals surface area (Å²) in [5.41, 5.74) is -2.23. The average Bonchev–Trinajstić information content (AvgIpc) is 2.96. The monoisotopic (exact) mass is 362 g/mol. The lowest BCUT2D eigenvalue weighted by Gasteiger charge is -2.45. The number of aliphatic carboxylic acids is 2. The minimum Gasteiger partial charge on any atom is -0.481 e. The van der Waals surface area contributed by atoms with Crippen molar-refractivity contribution in [2.45, 2.75) is 51.0 Å². The zero-order chi connectivity index (χ0) is 19.1. The molecule has 26 heavy (non-hydrogen) atoms. The Bertz CT molecular complexity index is 715. The molecule has 2 bridgehead atoms.